The summed E-state index contributed by atoms with van der Waals surface area (Å²) in [5, 5.41) is 2.76. The molecule has 8 heteroatoms. The minimum atomic E-state index is -0.790. The van der Waals surface area contributed by atoms with E-state index in [1.807, 2.05) is 6.92 Å². The number of imide groups is 1. The Morgan fingerprint density at radius 3 is 2.56 bits per heavy atom. The van der Waals surface area contributed by atoms with E-state index in [0.29, 0.717) is 41.5 Å². The van der Waals surface area contributed by atoms with Gasteiger partial charge in [-0.1, -0.05) is 25.1 Å². The van der Waals surface area contributed by atoms with Gasteiger partial charge in [0.1, 0.15) is 11.6 Å². The van der Waals surface area contributed by atoms with Gasteiger partial charge < -0.3 is 9.72 Å². The lowest BCUT2D eigenvalue weighted by Gasteiger charge is -2.11. The molecule has 1 atom stereocenters. The number of hydrogen-bond donors (Lipinski definition) is 2. The topological polar surface area (TPSA) is 88.3 Å². The van der Waals surface area contributed by atoms with Gasteiger partial charge in [-0.15, -0.1) is 0 Å². The zero-order valence-electron chi connectivity index (χ0n) is 17.2. The van der Waals surface area contributed by atoms with E-state index in [-0.39, 0.29) is 22.6 Å². The number of H-pyrrole nitrogens is 1. The van der Waals surface area contributed by atoms with Crippen LogP contribution < -0.4 is 10.9 Å². The van der Waals surface area contributed by atoms with Gasteiger partial charge in [0.15, 0.2) is 5.76 Å². The molecule has 164 valence electrons. The molecule has 2 heterocycles. The first-order valence-corrected chi connectivity index (χ1v) is 10.2. The van der Waals surface area contributed by atoms with Crippen LogP contribution in [0.4, 0.5) is 13.6 Å². The van der Waals surface area contributed by atoms with E-state index in [4.69, 9.17) is 4.74 Å². The average Bonchev–Trinajstić information content (AvgIpc) is 3.08. The fourth-order valence-electron chi connectivity index (χ4n) is 3.71. The molecule has 0 aliphatic carbocycles. The lowest BCUT2D eigenvalue weighted by Crippen LogP contribution is -2.18. The molecule has 32 heavy (non-hydrogen) atoms. The second kappa shape index (κ2) is 8.74. The van der Waals surface area contributed by atoms with E-state index in [2.05, 4.69) is 10.3 Å². The molecule has 1 saturated heterocycles. The number of carbonyl (C=O) groups is 2. The van der Waals surface area contributed by atoms with Crippen LogP contribution in [0.5, 0.6) is 0 Å². The van der Waals surface area contributed by atoms with Crippen molar-refractivity contribution in [1.29, 1.82) is 0 Å². The monoisotopic (exact) mass is 438 g/mol. The maximum atomic E-state index is 14.1. The van der Waals surface area contributed by atoms with Crippen molar-refractivity contribution >= 4 is 22.8 Å². The average molecular weight is 438 g/mol. The van der Waals surface area contributed by atoms with Crippen molar-refractivity contribution in [3.63, 3.8) is 0 Å². The van der Waals surface area contributed by atoms with Crippen molar-refractivity contribution < 1.29 is 23.1 Å². The molecule has 2 aromatic carbocycles. The molecule has 4 rings (SSSR count). The Bertz CT molecular complexity index is 1310. The highest BCUT2D eigenvalue weighted by molar-refractivity contribution is 6.07. The van der Waals surface area contributed by atoms with Crippen molar-refractivity contribution in [2.24, 2.45) is 5.92 Å². The number of ether oxygens (including phenoxy) is 1. The Hall–Kier alpha value is -3.81. The Morgan fingerprint density at radius 2 is 1.88 bits per heavy atom. The normalized spacial score (nSPS) is 15.8. The maximum Gasteiger partial charge on any atom is 0.419 e. The number of amides is 2. The number of carbonyl (C=O) groups excluding carboxylic acids is 2. The van der Waals surface area contributed by atoms with Crippen molar-refractivity contribution in [1.82, 2.24) is 10.3 Å². The number of aryl methyl sites for hydroxylation is 1. The van der Waals surface area contributed by atoms with Crippen LogP contribution in [0.25, 0.3) is 22.0 Å². The van der Waals surface area contributed by atoms with Gasteiger partial charge in [0.05, 0.1) is 0 Å². The van der Waals surface area contributed by atoms with E-state index in [9.17, 15) is 23.2 Å². The van der Waals surface area contributed by atoms with Crippen molar-refractivity contribution in [2.45, 2.75) is 26.2 Å². The molecule has 1 fully saturated rings. The zero-order valence-corrected chi connectivity index (χ0v) is 17.2. The quantitative estimate of drug-likeness (QED) is 0.552. The van der Waals surface area contributed by atoms with Gasteiger partial charge in [-0.3, -0.25) is 14.9 Å². The SMILES string of the molecule is CCC(C=C1OC(=O)NC1=O)CCc1ccc(-c2ccc3cc(F)cc(F)c3c2)[nH]c1=O. The minimum Gasteiger partial charge on any atom is -0.404 e. The van der Waals surface area contributed by atoms with Crippen molar-refractivity contribution in [2.75, 3.05) is 0 Å². The molecule has 0 bridgehead atoms. The number of fused-ring (bicyclic) bond motifs is 1. The second-order valence-electron chi connectivity index (χ2n) is 7.63. The minimum absolute atomic E-state index is 0.0190. The number of alkyl carbamates (subject to hydrolysis) is 1. The maximum absolute atomic E-state index is 14.1. The Morgan fingerprint density at radius 1 is 1.06 bits per heavy atom. The highest BCUT2D eigenvalue weighted by Gasteiger charge is 2.26. The number of aromatic amines is 1. The summed E-state index contributed by atoms with van der Waals surface area (Å²) in [6.45, 7) is 1.94. The Balaban J connectivity index is 1.52. The van der Waals surface area contributed by atoms with Gasteiger partial charge in [0, 0.05) is 22.7 Å². The summed E-state index contributed by atoms with van der Waals surface area (Å²) in [6, 6.07) is 10.4. The highest BCUT2D eigenvalue weighted by Crippen LogP contribution is 2.26. The van der Waals surface area contributed by atoms with Crippen LogP contribution in [-0.4, -0.2) is 17.0 Å². The standard InChI is InChI=1S/C24H20F2N2O4/c1-2-13(9-21-23(30)28-24(31)32-21)3-4-14-7-8-20(27-22(14)29)16-6-5-15-10-17(25)12-19(26)18(15)11-16/h5-13H,2-4H2,1H3,(H,27,29)(H,28,30,31). The largest absolute Gasteiger partial charge is 0.419 e. The number of aromatic nitrogens is 1. The number of halogens is 2. The lowest BCUT2D eigenvalue weighted by molar-refractivity contribution is -0.116. The molecule has 1 aliphatic heterocycles. The number of rotatable bonds is 6. The number of cyclic esters (lactones) is 1. The van der Waals surface area contributed by atoms with E-state index >= 15 is 0 Å². The Labute approximate surface area is 181 Å². The molecule has 2 amide bonds. The van der Waals surface area contributed by atoms with Crippen LogP contribution in [0, 0.1) is 17.6 Å². The number of benzene rings is 2. The van der Waals surface area contributed by atoms with E-state index in [1.165, 1.54) is 6.07 Å². The molecule has 1 aromatic heterocycles. The summed E-state index contributed by atoms with van der Waals surface area (Å²) >= 11 is 0. The van der Waals surface area contributed by atoms with Crippen LogP contribution in [0.2, 0.25) is 0 Å². The number of hydrogen-bond acceptors (Lipinski definition) is 4. The number of allylic oxidation sites excluding steroid dienone is 1. The summed E-state index contributed by atoms with van der Waals surface area (Å²) in [6.07, 6.45) is 2.56. The van der Waals surface area contributed by atoms with Crippen LogP contribution in [-0.2, 0) is 16.0 Å². The summed E-state index contributed by atoms with van der Waals surface area (Å²) in [4.78, 5) is 38.2. The first-order chi connectivity index (χ1) is 15.3. The van der Waals surface area contributed by atoms with Crippen LogP contribution >= 0.6 is 0 Å². The van der Waals surface area contributed by atoms with Gasteiger partial charge in [-0.05, 0) is 60.4 Å². The van der Waals surface area contributed by atoms with Crippen LogP contribution in [0.15, 0.2) is 59.1 Å². The third kappa shape index (κ3) is 4.44. The summed E-state index contributed by atoms with van der Waals surface area (Å²) in [5.74, 6) is -1.94. The predicted molar refractivity (Wildman–Crippen MR) is 115 cm³/mol. The molecule has 1 unspecified atom stereocenters. The van der Waals surface area contributed by atoms with E-state index in [0.717, 1.165) is 6.07 Å². The van der Waals surface area contributed by atoms with E-state index < -0.39 is 23.6 Å². The fourth-order valence-corrected chi connectivity index (χ4v) is 3.71. The first kappa shape index (κ1) is 21.4. The molecule has 0 spiro atoms. The van der Waals surface area contributed by atoms with Crippen LogP contribution in [0.1, 0.15) is 25.3 Å². The number of nitrogens with one attached hydrogen (secondary N) is 2. The first-order valence-electron chi connectivity index (χ1n) is 10.2. The molecule has 2 N–H and O–H groups in total. The molecular formula is C24H20F2N2O4. The molecule has 0 saturated carbocycles. The third-order valence-electron chi connectivity index (χ3n) is 5.51. The smallest absolute Gasteiger partial charge is 0.404 e. The Kier molecular flexibility index (Phi) is 5.85. The molecule has 6 nitrogen and oxygen atoms in total. The van der Waals surface area contributed by atoms with Crippen molar-refractivity contribution in [3.8, 4) is 11.3 Å². The summed E-state index contributed by atoms with van der Waals surface area (Å²) < 4.78 is 32.3. The van der Waals surface area contributed by atoms with Gasteiger partial charge in [0.25, 0.3) is 11.5 Å². The zero-order chi connectivity index (χ0) is 22.8. The fraction of sp³-hybridized carbons (Fsp3) is 0.208. The summed E-state index contributed by atoms with van der Waals surface area (Å²) in [5.41, 5.74) is 1.42. The van der Waals surface area contributed by atoms with Gasteiger partial charge in [-0.2, -0.15) is 0 Å². The third-order valence-corrected chi connectivity index (χ3v) is 5.51. The number of pyridine rings is 1. The van der Waals surface area contributed by atoms with Crippen molar-refractivity contribution in [3.05, 3.63) is 81.9 Å². The van der Waals surface area contributed by atoms with Gasteiger partial charge in [0.2, 0.25) is 0 Å². The summed E-state index contributed by atoms with van der Waals surface area (Å²) in [7, 11) is 0. The highest BCUT2D eigenvalue weighted by atomic mass is 19.1. The predicted octanol–water partition coefficient (Wildman–Crippen LogP) is 4.58. The van der Waals surface area contributed by atoms with Gasteiger partial charge in [-0.25, -0.2) is 13.6 Å². The molecular weight excluding hydrogens is 418 g/mol. The van der Waals surface area contributed by atoms with E-state index in [1.54, 1.807) is 36.4 Å². The van der Waals surface area contributed by atoms with Crippen LogP contribution in [0.3, 0.4) is 0 Å². The molecule has 3 aromatic rings. The van der Waals surface area contributed by atoms with Gasteiger partial charge >= 0.3 is 6.09 Å². The molecule has 0 radical (unpaired) electrons. The second-order valence-corrected chi connectivity index (χ2v) is 7.63. The lowest BCUT2D eigenvalue weighted by atomic mass is 9.96. The molecule has 1 aliphatic rings.